The smallest absolute Gasteiger partial charge is 0.320 e. The van der Waals surface area contributed by atoms with Crippen LogP contribution in [-0.4, -0.2) is 41.2 Å². The third-order valence-corrected chi connectivity index (χ3v) is 3.21. The van der Waals surface area contributed by atoms with Gasteiger partial charge in [-0.1, -0.05) is 13.8 Å². The first-order chi connectivity index (χ1) is 8.31. The van der Waals surface area contributed by atoms with Crippen molar-refractivity contribution in [3.8, 4) is 0 Å². The molecule has 19 heavy (non-hydrogen) atoms. The van der Waals surface area contributed by atoms with Gasteiger partial charge in [0.2, 0.25) is 5.91 Å². The predicted molar refractivity (Wildman–Crippen MR) is 75.2 cm³/mol. The van der Waals surface area contributed by atoms with Crippen molar-refractivity contribution in [3.05, 3.63) is 0 Å². The van der Waals surface area contributed by atoms with Crippen LogP contribution in [0.4, 0.5) is 0 Å². The number of nitrogens with two attached hydrogens (primary N) is 1. The Morgan fingerprint density at radius 3 is 2.42 bits per heavy atom. The van der Waals surface area contributed by atoms with Crippen LogP contribution < -0.4 is 16.4 Å². The highest BCUT2D eigenvalue weighted by Gasteiger charge is 2.39. The molecule has 5 N–H and O–H groups in total. The second kappa shape index (κ2) is 7.67. The summed E-state index contributed by atoms with van der Waals surface area (Å²) in [4.78, 5) is 22.2. The molecule has 0 aromatic heterocycles. The topological polar surface area (TPSA) is 104 Å². The standard InChI is InChI=1S/C12H23N3O3.ClH/c1-6(2)4-9(14-7(3)16)11-8(13)5-10(15-11)12(17)18;/h6,8-11,15H,4-5,13H2,1-3H3,(H,14,16)(H,17,18);1H/t8-,9+,10-,11-;/m1./s1. The second-order valence-electron chi connectivity index (χ2n) is 5.42. The van der Waals surface area contributed by atoms with E-state index in [-0.39, 0.29) is 36.4 Å². The molecule has 0 saturated carbocycles. The van der Waals surface area contributed by atoms with E-state index in [0.29, 0.717) is 12.3 Å². The zero-order valence-electron chi connectivity index (χ0n) is 11.6. The molecule has 112 valence electrons. The summed E-state index contributed by atoms with van der Waals surface area (Å²) in [6, 6.07) is -1.17. The number of hydrogen-bond donors (Lipinski definition) is 4. The summed E-state index contributed by atoms with van der Waals surface area (Å²) in [5.74, 6) is -0.604. The molecule has 1 fully saturated rings. The summed E-state index contributed by atoms with van der Waals surface area (Å²) in [6.07, 6.45) is 1.17. The number of rotatable bonds is 5. The predicted octanol–water partition coefficient (Wildman–Crippen LogP) is 0.101. The molecule has 1 aliphatic heterocycles. The van der Waals surface area contributed by atoms with Gasteiger partial charge in [0.25, 0.3) is 0 Å². The number of carboxylic acid groups (broad SMARTS) is 1. The number of carbonyl (C=O) groups excluding carboxylic acids is 1. The van der Waals surface area contributed by atoms with Crippen LogP contribution >= 0.6 is 12.4 Å². The minimum absolute atomic E-state index is 0. The maximum Gasteiger partial charge on any atom is 0.320 e. The minimum atomic E-state index is -0.890. The van der Waals surface area contributed by atoms with Crippen LogP contribution in [0.25, 0.3) is 0 Å². The molecule has 1 saturated heterocycles. The maximum atomic E-state index is 11.2. The first-order valence-electron chi connectivity index (χ1n) is 6.32. The van der Waals surface area contributed by atoms with Crippen molar-refractivity contribution in [2.24, 2.45) is 11.7 Å². The van der Waals surface area contributed by atoms with Crippen LogP contribution in [0.5, 0.6) is 0 Å². The van der Waals surface area contributed by atoms with Gasteiger partial charge in [-0.3, -0.25) is 14.9 Å². The number of carboxylic acids is 1. The number of amides is 1. The summed E-state index contributed by atoms with van der Waals surface area (Å²) in [5, 5.41) is 14.9. The van der Waals surface area contributed by atoms with E-state index >= 15 is 0 Å². The Morgan fingerprint density at radius 2 is 2.05 bits per heavy atom. The summed E-state index contributed by atoms with van der Waals surface area (Å²) in [7, 11) is 0. The molecule has 0 radical (unpaired) electrons. The van der Waals surface area contributed by atoms with Gasteiger partial charge in [-0.25, -0.2) is 0 Å². The minimum Gasteiger partial charge on any atom is -0.480 e. The van der Waals surface area contributed by atoms with E-state index in [4.69, 9.17) is 10.8 Å². The van der Waals surface area contributed by atoms with Crippen molar-refractivity contribution in [1.29, 1.82) is 0 Å². The SMILES string of the molecule is CC(=O)N[C@@H](CC(C)C)[C@@H]1N[C@@H](C(=O)O)C[C@H]1N.Cl. The molecule has 0 aromatic rings. The summed E-state index contributed by atoms with van der Waals surface area (Å²) in [6.45, 7) is 5.58. The highest BCUT2D eigenvalue weighted by molar-refractivity contribution is 5.85. The monoisotopic (exact) mass is 293 g/mol. The molecule has 0 unspecified atom stereocenters. The molecule has 7 heteroatoms. The Labute approximate surface area is 119 Å². The zero-order valence-corrected chi connectivity index (χ0v) is 12.4. The third kappa shape index (κ3) is 5.34. The molecule has 1 amide bonds. The van der Waals surface area contributed by atoms with Crippen molar-refractivity contribution in [3.63, 3.8) is 0 Å². The Hall–Kier alpha value is -0.850. The average molecular weight is 294 g/mol. The van der Waals surface area contributed by atoms with E-state index in [1.165, 1.54) is 6.92 Å². The number of nitrogens with one attached hydrogen (secondary N) is 2. The van der Waals surface area contributed by atoms with Crippen LogP contribution in [0.1, 0.15) is 33.6 Å². The van der Waals surface area contributed by atoms with Crippen molar-refractivity contribution < 1.29 is 14.7 Å². The van der Waals surface area contributed by atoms with Crippen LogP contribution in [0.3, 0.4) is 0 Å². The molecule has 6 nitrogen and oxygen atoms in total. The molecule has 4 atom stereocenters. The molecular weight excluding hydrogens is 270 g/mol. The fraction of sp³-hybridized carbons (Fsp3) is 0.833. The second-order valence-corrected chi connectivity index (χ2v) is 5.42. The van der Waals surface area contributed by atoms with Gasteiger partial charge in [0.1, 0.15) is 6.04 Å². The highest BCUT2D eigenvalue weighted by atomic mass is 35.5. The van der Waals surface area contributed by atoms with Gasteiger partial charge in [-0.05, 0) is 18.8 Å². The Kier molecular flexibility index (Phi) is 7.33. The molecule has 0 aliphatic carbocycles. The van der Waals surface area contributed by atoms with Gasteiger partial charge in [-0.15, -0.1) is 12.4 Å². The number of aliphatic carboxylic acids is 1. The molecule has 1 heterocycles. The van der Waals surface area contributed by atoms with Crippen LogP contribution in [-0.2, 0) is 9.59 Å². The number of halogens is 1. The Balaban J connectivity index is 0.00000324. The average Bonchev–Trinajstić information content (AvgIpc) is 2.58. The summed E-state index contributed by atoms with van der Waals surface area (Å²) >= 11 is 0. The van der Waals surface area contributed by atoms with Crippen molar-refractivity contribution >= 4 is 24.3 Å². The summed E-state index contributed by atoms with van der Waals surface area (Å²) < 4.78 is 0. The van der Waals surface area contributed by atoms with E-state index in [2.05, 4.69) is 24.5 Å². The van der Waals surface area contributed by atoms with Crippen LogP contribution in [0, 0.1) is 5.92 Å². The molecule has 0 aromatic carbocycles. The van der Waals surface area contributed by atoms with Gasteiger partial charge in [0.15, 0.2) is 0 Å². The molecule has 1 rings (SSSR count). The van der Waals surface area contributed by atoms with Gasteiger partial charge in [0.05, 0.1) is 0 Å². The first kappa shape index (κ1) is 18.1. The maximum absolute atomic E-state index is 11.2. The third-order valence-electron chi connectivity index (χ3n) is 3.21. The molecule has 1 aliphatic rings. The van der Waals surface area contributed by atoms with Crippen molar-refractivity contribution in [2.45, 2.75) is 57.8 Å². The molecule has 0 spiro atoms. The highest BCUT2D eigenvalue weighted by Crippen LogP contribution is 2.19. The lowest BCUT2D eigenvalue weighted by Crippen LogP contribution is -2.54. The van der Waals surface area contributed by atoms with Gasteiger partial charge < -0.3 is 16.2 Å². The van der Waals surface area contributed by atoms with Crippen molar-refractivity contribution in [2.75, 3.05) is 0 Å². The van der Waals surface area contributed by atoms with Gasteiger partial charge in [-0.2, -0.15) is 0 Å². The fourth-order valence-corrected chi connectivity index (χ4v) is 2.49. The lowest BCUT2D eigenvalue weighted by molar-refractivity contribution is -0.139. The zero-order chi connectivity index (χ0) is 13.9. The molecular formula is C12H24ClN3O3. The van der Waals surface area contributed by atoms with Crippen LogP contribution in [0.15, 0.2) is 0 Å². The van der Waals surface area contributed by atoms with E-state index < -0.39 is 12.0 Å². The summed E-state index contributed by atoms with van der Waals surface area (Å²) in [5.41, 5.74) is 5.98. The lowest BCUT2D eigenvalue weighted by Gasteiger charge is -2.29. The Morgan fingerprint density at radius 1 is 1.47 bits per heavy atom. The normalized spacial score (nSPS) is 27.7. The fourth-order valence-electron chi connectivity index (χ4n) is 2.49. The molecule has 0 bridgehead atoms. The Bertz CT molecular complexity index is 325. The van der Waals surface area contributed by atoms with E-state index in [1.54, 1.807) is 0 Å². The van der Waals surface area contributed by atoms with E-state index in [1.807, 2.05) is 0 Å². The van der Waals surface area contributed by atoms with Crippen LogP contribution in [0.2, 0.25) is 0 Å². The van der Waals surface area contributed by atoms with E-state index in [9.17, 15) is 9.59 Å². The first-order valence-corrected chi connectivity index (χ1v) is 6.32. The van der Waals surface area contributed by atoms with Gasteiger partial charge >= 0.3 is 5.97 Å². The van der Waals surface area contributed by atoms with Crippen molar-refractivity contribution in [1.82, 2.24) is 10.6 Å². The number of hydrogen-bond acceptors (Lipinski definition) is 4. The number of carbonyl (C=O) groups is 2. The van der Waals surface area contributed by atoms with Gasteiger partial charge in [0, 0.05) is 25.0 Å². The largest absolute Gasteiger partial charge is 0.480 e. The van der Waals surface area contributed by atoms with E-state index in [0.717, 1.165) is 6.42 Å². The quantitative estimate of drug-likeness (QED) is 0.575. The lowest BCUT2D eigenvalue weighted by atomic mass is 9.94.